The summed E-state index contributed by atoms with van der Waals surface area (Å²) in [7, 11) is 0. The Morgan fingerprint density at radius 3 is 1.70 bits per heavy atom. The van der Waals surface area contributed by atoms with Crippen molar-refractivity contribution in [2.45, 2.75) is 203 Å². The van der Waals surface area contributed by atoms with Gasteiger partial charge in [0, 0.05) is 6.42 Å². The van der Waals surface area contributed by atoms with Crippen LogP contribution in [0.15, 0.2) is 0 Å². The van der Waals surface area contributed by atoms with Crippen molar-refractivity contribution in [2.24, 2.45) is 0 Å². The number of carbonyl (C=O) groups excluding carboxylic acids is 1. The minimum absolute atomic E-state index is 0.216. The van der Waals surface area contributed by atoms with Crippen molar-refractivity contribution < 1.29 is 64.6 Å². The summed E-state index contributed by atoms with van der Waals surface area (Å²) in [5.74, 6) is -0.216. The van der Waals surface area contributed by atoms with Crippen LogP contribution in [0.1, 0.15) is 129 Å². The topological polar surface area (TPSA) is 228 Å². The molecule has 0 saturated carbocycles. The lowest BCUT2D eigenvalue weighted by atomic mass is 9.97. The Labute approximate surface area is 298 Å². The van der Waals surface area contributed by atoms with E-state index in [-0.39, 0.29) is 12.5 Å². The predicted molar refractivity (Wildman–Crippen MR) is 185 cm³/mol. The van der Waals surface area contributed by atoms with Crippen molar-refractivity contribution in [3.8, 4) is 0 Å². The maximum atomic E-state index is 12.9. The van der Waals surface area contributed by atoms with Crippen LogP contribution >= 0.6 is 0 Å². The van der Waals surface area contributed by atoms with Gasteiger partial charge in [-0.05, 0) is 12.8 Å². The molecule has 0 aromatic rings. The minimum atomic E-state index is -1.77. The molecular weight excluding hydrogens is 654 g/mol. The van der Waals surface area contributed by atoms with Gasteiger partial charge in [0.2, 0.25) is 5.91 Å². The highest BCUT2D eigenvalue weighted by Crippen LogP contribution is 2.30. The van der Waals surface area contributed by atoms with Gasteiger partial charge in [-0.1, -0.05) is 110 Å². The van der Waals surface area contributed by atoms with Crippen LogP contribution in [0.3, 0.4) is 0 Å². The molecule has 2 aliphatic heterocycles. The van der Waals surface area contributed by atoms with Crippen LogP contribution < -0.4 is 5.32 Å². The molecule has 14 nitrogen and oxygen atoms in total. The van der Waals surface area contributed by atoms with Crippen LogP contribution in [-0.4, -0.2) is 140 Å². The molecule has 0 spiro atoms. The maximum absolute atomic E-state index is 12.9. The zero-order chi connectivity index (χ0) is 36.9. The van der Waals surface area contributed by atoms with Crippen LogP contribution in [0.4, 0.5) is 0 Å². The lowest BCUT2D eigenvalue weighted by molar-refractivity contribution is -0.359. The van der Waals surface area contributed by atoms with E-state index in [1.165, 1.54) is 51.4 Å². The molecule has 0 bridgehead atoms. The first-order valence-electron chi connectivity index (χ1n) is 19.3. The second-order valence-electron chi connectivity index (χ2n) is 14.1. The van der Waals surface area contributed by atoms with E-state index < -0.39 is 86.8 Å². The number of rotatable bonds is 27. The fourth-order valence-corrected chi connectivity index (χ4v) is 6.53. The fourth-order valence-electron chi connectivity index (χ4n) is 6.53. The summed E-state index contributed by atoms with van der Waals surface area (Å²) in [6.07, 6.45) is 1.66. The third-order valence-corrected chi connectivity index (χ3v) is 9.82. The van der Waals surface area contributed by atoms with Crippen molar-refractivity contribution in [3.05, 3.63) is 0 Å². The number of hydrogen-bond acceptors (Lipinski definition) is 13. The summed E-state index contributed by atoms with van der Waals surface area (Å²) in [6, 6.07) is -0.815. The molecule has 12 unspecified atom stereocenters. The third kappa shape index (κ3) is 15.5. The minimum Gasteiger partial charge on any atom is -0.394 e. The van der Waals surface area contributed by atoms with E-state index in [0.717, 1.165) is 51.4 Å². The summed E-state index contributed by atoms with van der Waals surface area (Å²) in [6.45, 7) is 2.72. The van der Waals surface area contributed by atoms with Gasteiger partial charge < -0.3 is 65.1 Å². The molecule has 0 radical (unpaired) electrons. The van der Waals surface area contributed by atoms with Gasteiger partial charge in [0.25, 0.3) is 0 Å². The van der Waals surface area contributed by atoms with Crippen molar-refractivity contribution in [1.29, 1.82) is 0 Å². The number of aliphatic hydroxyl groups is 8. The summed E-state index contributed by atoms with van der Waals surface area (Å²) < 4.78 is 22.5. The van der Waals surface area contributed by atoms with Gasteiger partial charge in [-0.25, -0.2) is 0 Å². The number of aliphatic hydroxyl groups excluding tert-OH is 8. The molecule has 14 heteroatoms. The molecule has 0 aromatic heterocycles. The van der Waals surface area contributed by atoms with Crippen molar-refractivity contribution in [2.75, 3.05) is 19.8 Å². The number of ether oxygens (including phenoxy) is 4. The number of unbranched alkanes of at least 4 members (excludes halogenated alkanes) is 14. The lowest BCUT2D eigenvalue weighted by Gasteiger charge is -2.46. The van der Waals surface area contributed by atoms with Gasteiger partial charge in [-0.15, -0.1) is 0 Å². The van der Waals surface area contributed by atoms with Crippen LogP contribution in [0.5, 0.6) is 0 Å². The van der Waals surface area contributed by atoms with E-state index >= 15 is 0 Å². The Morgan fingerprint density at radius 2 is 1.14 bits per heavy atom. The molecule has 0 aromatic carbocycles. The molecule has 9 N–H and O–H groups in total. The van der Waals surface area contributed by atoms with E-state index in [0.29, 0.717) is 12.8 Å². The molecule has 2 heterocycles. The van der Waals surface area contributed by atoms with Crippen LogP contribution in [-0.2, 0) is 23.7 Å². The highest BCUT2D eigenvalue weighted by Gasteiger charge is 2.50. The Balaban J connectivity index is 1.95. The molecular formula is C36H69NO13. The zero-order valence-electron chi connectivity index (χ0n) is 30.4. The zero-order valence-corrected chi connectivity index (χ0v) is 30.4. The lowest BCUT2D eigenvalue weighted by Crippen LogP contribution is -2.65. The predicted octanol–water partition coefficient (Wildman–Crippen LogP) is 1.53. The molecule has 2 fully saturated rings. The monoisotopic (exact) mass is 723 g/mol. The third-order valence-electron chi connectivity index (χ3n) is 9.82. The molecule has 1 amide bonds. The van der Waals surface area contributed by atoms with E-state index in [2.05, 4.69) is 19.2 Å². The van der Waals surface area contributed by atoms with Crippen molar-refractivity contribution in [3.63, 3.8) is 0 Å². The van der Waals surface area contributed by atoms with Gasteiger partial charge in [-0.2, -0.15) is 0 Å². The normalized spacial score (nSPS) is 31.4. The first-order chi connectivity index (χ1) is 24.1. The smallest absolute Gasteiger partial charge is 0.220 e. The van der Waals surface area contributed by atoms with Gasteiger partial charge in [-0.3, -0.25) is 4.79 Å². The van der Waals surface area contributed by atoms with Gasteiger partial charge in [0.1, 0.15) is 48.8 Å². The fraction of sp³-hybridized carbons (Fsp3) is 0.972. The van der Waals surface area contributed by atoms with Crippen molar-refractivity contribution in [1.82, 2.24) is 5.32 Å². The summed E-state index contributed by atoms with van der Waals surface area (Å²) in [5.41, 5.74) is 0. The van der Waals surface area contributed by atoms with Crippen molar-refractivity contribution >= 4 is 5.91 Å². The van der Waals surface area contributed by atoms with E-state index in [1.54, 1.807) is 0 Å². The van der Waals surface area contributed by atoms with Crippen LogP contribution in [0.25, 0.3) is 0 Å². The summed E-state index contributed by atoms with van der Waals surface area (Å²) in [5, 5.41) is 85.9. The Kier molecular flexibility index (Phi) is 23.4. The molecule has 50 heavy (non-hydrogen) atoms. The largest absolute Gasteiger partial charge is 0.394 e. The summed E-state index contributed by atoms with van der Waals surface area (Å²) >= 11 is 0. The second-order valence-corrected chi connectivity index (χ2v) is 14.1. The first kappa shape index (κ1) is 45.1. The van der Waals surface area contributed by atoms with E-state index in [1.807, 2.05) is 0 Å². The van der Waals surface area contributed by atoms with Crippen LogP contribution in [0, 0.1) is 0 Å². The second kappa shape index (κ2) is 25.9. The van der Waals surface area contributed by atoms with E-state index in [4.69, 9.17) is 18.9 Å². The maximum Gasteiger partial charge on any atom is 0.220 e. The Hall–Kier alpha value is -1.01. The van der Waals surface area contributed by atoms with E-state index in [9.17, 15) is 45.6 Å². The molecule has 296 valence electrons. The first-order valence-corrected chi connectivity index (χ1v) is 19.3. The van der Waals surface area contributed by atoms with Gasteiger partial charge in [0.15, 0.2) is 12.6 Å². The average molecular weight is 724 g/mol. The molecule has 2 rings (SSSR count). The highest BCUT2D eigenvalue weighted by molar-refractivity contribution is 5.76. The average Bonchev–Trinajstić information content (AvgIpc) is 3.11. The number of carbonyl (C=O) groups is 1. The molecule has 2 aliphatic rings. The van der Waals surface area contributed by atoms with Gasteiger partial charge in [0.05, 0.1) is 32.0 Å². The highest BCUT2D eigenvalue weighted by atomic mass is 16.7. The standard InChI is InChI=1S/C36H69NO13/c1-3-5-7-9-11-12-14-16-18-20-28(41)37-24(25(40)19-17-15-13-10-8-6-4-2)23-47-35-33(46)31(44)34(27(22-39)49-35)50-36-32(45)30(43)29(42)26(21-38)48-36/h24-27,29-36,38-40,42-46H,3-23H2,1-2H3,(H,37,41). The quantitative estimate of drug-likeness (QED) is 0.0549. The number of nitrogens with one attached hydrogen (secondary N) is 1. The van der Waals surface area contributed by atoms with Crippen LogP contribution in [0.2, 0.25) is 0 Å². The molecule has 12 atom stereocenters. The SMILES string of the molecule is CCCCCCCCCCCC(=O)NC(COC1OC(CO)C(OC2OC(CO)C(O)C(O)C2O)C(O)C1O)C(O)CCCCCCCCC. The Bertz CT molecular complexity index is 868. The Morgan fingerprint density at radius 1 is 0.640 bits per heavy atom. The molecule has 2 saturated heterocycles. The number of amides is 1. The summed E-state index contributed by atoms with van der Waals surface area (Å²) in [4.78, 5) is 12.9. The number of hydrogen-bond donors (Lipinski definition) is 9. The van der Waals surface area contributed by atoms with Gasteiger partial charge >= 0.3 is 0 Å². The molecule has 0 aliphatic carbocycles.